The van der Waals surface area contributed by atoms with Crippen LogP contribution in [0.5, 0.6) is 0 Å². The third-order valence-corrected chi connectivity index (χ3v) is 9.12. The summed E-state index contributed by atoms with van der Waals surface area (Å²) < 4.78 is 42.7. The smallest absolute Gasteiger partial charge is 0.264 e. The van der Waals surface area contributed by atoms with Gasteiger partial charge in [0.2, 0.25) is 11.8 Å². The van der Waals surface area contributed by atoms with Crippen LogP contribution in [0.2, 0.25) is 0 Å². The Balaban J connectivity index is 1.66. The van der Waals surface area contributed by atoms with Crippen molar-refractivity contribution in [1.29, 1.82) is 0 Å². The quantitative estimate of drug-likeness (QED) is 0.337. The summed E-state index contributed by atoms with van der Waals surface area (Å²) in [7, 11) is -4.23. The Labute approximate surface area is 237 Å². The van der Waals surface area contributed by atoms with Crippen molar-refractivity contribution in [2.75, 3.05) is 10.8 Å². The second-order valence-corrected chi connectivity index (χ2v) is 12.4. The van der Waals surface area contributed by atoms with E-state index in [4.69, 9.17) is 0 Å². The van der Waals surface area contributed by atoms with Gasteiger partial charge in [0.25, 0.3) is 10.0 Å². The monoisotopic (exact) mass is 615 g/mol. The lowest BCUT2D eigenvalue weighted by molar-refractivity contribution is -0.139. The molecule has 1 N–H and O–H groups in total. The molecule has 3 aromatic rings. The summed E-state index contributed by atoms with van der Waals surface area (Å²) in [6.07, 6.45) is 3.89. The number of nitrogens with one attached hydrogen (secondary N) is 1. The molecule has 10 heteroatoms. The molecule has 7 nitrogen and oxygen atoms in total. The third kappa shape index (κ3) is 7.24. The SMILES string of the molecule is C[C@@H](C(=O)NC1CCCC1)N(Cc1cccc(Br)c1)C(=O)CN(c1ccccc1)S(=O)(=O)c1ccc(F)cc1. The zero-order valence-electron chi connectivity index (χ0n) is 21.6. The second kappa shape index (κ2) is 12.7. The molecule has 0 unspecified atom stereocenters. The van der Waals surface area contributed by atoms with E-state index in [1.165, 1.54) is 17.0 Å². The topological polar surface area (TPSA) is 86.8 Å². The average Bonchev–Trinajstić information content (AvgIpc) is 3.43. The maximum absolute atomic E-state index is 13.9. The Morgan fingerprint density at radius 2 is 1.67 bits per heavy atom. The van der Waals surface area contributed by atoms with Crippen LogP contribution in [0.1, 0.15) is 38.2 Å². The van der Waals surface area contributed by atoms with Crippen LogP contribution in [-0.4, -0.2) is 43.8 Å². The van der Waals surface area contributed by atoms with Crippen LogP contribution in [0.3, 0.4) is 0 Å². The van der Waals surface area contributed by atoms with Crippen LogP contribution in [0, 0.1) is 5.82 Å². The molecule has 0 aliphatic heterocycles. The highest BCUT2D eigenvalue weighted by Gasteiger charge is 2.33. The lowest BCUT2D eigenvalue weighted by atomic mass is 10.1. The Hall–Kier alpha value is -3.24. The van der Waals surface area contributed by atoms with E-state index in [1.54, 1.807) is 37.3 Å². The van der Waals surface area contributed by atoms with Crippen LogP contribution in [0.25, 0.3) is 0 Å². The lowest BCUT2D eigenvalue weighted by Crippen LogP contribution is -2.52. The molecule has 0 heterocycles. The number of rotatable bonds is 10. The zero-order valence-corrected chi connectivity index (χ0v) is 24.0. The van der Waals surface area contributed by atoms with Gasteiger partial charge in [0, 0.05) is 17.1 Å². The minimum atomic E-state index is -4.23. The van der Waals surface area contributed by atoms with Gasteiger partial charge in [0.15, 0.2) is 0 Å². The van der Waals surface area contributed by atoms with Gasteiger partial charge in [-0.15, -0.1) is 0 Å². The number of halogens is 2. The molecule has 0 radical (unpaired) electrons. The van der Waals surface area contributed by atoms with Gasteiger partial charge in [-0.25, -0.2) is 12.8 Å². The Morgan fingerprint density at radius 3 is 2.31 bits per heavy atom. The number of nitrogens with zero attached hydrogens (tertiary/aromatic N) is 2. The van der Waals surface area contributed by atoms with Crippen molar-refractivity contribution in [3.05, 3.63) is 94.7 Å². The molecule has 1 saturated carbocycles. The molecular formula is C29H31BrFN3O4S. The minimum absolute atomic E-state index is 0.0717. The fourth-order valence-electron chi connectivity index (χ4n) is 4.66. The van der Waals surface area contributed by atoms with Gasteiger partial charge in [0.05, 0.1) is 10.6 Å². The molecule has 2 amide bonds. The standard InChI is InChI=1S/C29H31BrFN3O4S/c1-21(29(36)32-25-10-5-6-11-25)33(19-22-8-7-9-23(30)18-22)28(35)20-34(26-12-3-2-4-13-26)39(37,38)27-16-14-24(31)15-17-27/h2-4,7-9,12-18,21,25H,5-6,10-11,19-20H2,1H3,(H,32,36)/t21-/m0/s1. The highest BCUT2D eigenvalue weighted by Crippen LogP contribution is 2.25. The summed E-state index contributed by atoms with van der Waals surface area (Å²) in [4.78, 5) is 28.4. The van der Waals surface area contributed by atoms with Crippen LogP contribution < -0.4 is 9.62 Å². The van der Waals surface area contributed by atoms with Crippen LogP contribution in [0.4, 0.5) is 10.1 Å². The summed E-state index contributed by atoms with van der Waals surface area (Å²) in [6, 6.07) is 19.3. The number of benzene rings is 3. The van der Waals surface area contributed by atoms with E-state index in [0.717, 1.165) is 52.2 Å². The number of anilines is 1. The van der Waals surface area contributed by atoms with Crippen molar-refractivity contribution in [2.24, 2.45) is 0 Å². The Bertz CT molecular complexity index is 1400. The molecule has 1 aliphatic carbocycles. The van der Waals surface area contributed by atoms with Crippen molar-refractivity contribution < 1.29 is 22.4 Å². The fraction of sp³-hybridized carbons (Fsp3) is 0.310. The van der Waals surface area contributed by atoms with Crippen LogP contribution >= 0.6 is 15.9 Å². The van der Waals surface area contributed by atoms with E-state index >= 15 is 0 Å². The Kier molecular flexibility index (Phi) is 9.40. The van der Waals surface area contributed by atoms with Crippen LogP contribution in [-0.2, 0) is 26.2 Å². The van der Waals surface area contributed by atoms with Crippen molar-refractivity contribution in [3.8, 4) is 0 Å². The first-order valence-electron chi connectivity index (χ1n) is 12.8. The largest absolute Gasteiger partial charge is 0.352 e. The van der Waals surface area contributed by atoms with Gasteiger partial charge in [-0.1, -0.05) is 59.1 Å². The van der Waals surface area contributed by atoms with E-state index in [-0.39, 0.29) is 29.1 Å². The van der Waals surface area contributed by atoms with Crippen molar-refractivity contribution in [3.63, 3.8) is 0 Å². The maximum atomic E-state index is 13.9. The van der Waals surface area contributed by atoms with Crippen molar-refractivity contribution in [2.45, 2.75) is 56.1 Å². The van der Waals surface area contributed by atoms with Gasteiger partial charge in [-0.05, 0) is 73.9 Å². The van der Waals surface area contributed by atoms with E-state index in [0.29, 0.717) is 0 Å². The van der Waals surface area contributed by atoms with E-state index in [1.807, 2.05) is 24.3 Å². The molecule has 3 aromatic carbocycles. The molecule has 1 aliphatic rings. The number of para-hydroxylation sites is 1. The lowest BCUT2D eigenvalue weighted by Gasteiger charge is -2.32. The molecule has 39 heavy (non-hydrogen) atoms. The summed E-state index contributed by atoms with van der Waals surface area (Å²) in [6.45, 7) is 1.22. The van der Waals surface area contributed by atoms with E-state index < -0.39 is 34.3 Å². The van der Waals surface area contributed by atoms with Crippen molar-refractivity contribution >= 4 is 43.5 Å². The summed E-state index contributed by atoms with van der Waals surface area (Å²) in [5, 5.41) is 3.05. The van der Waals surface area contributed by atoms with E-state index in [9.17, 15) is 22.4 Å². The van der Waals surface area contributed by atoms with Gasteiger partial charge in [-0.3, -0.25) is 13.9 Å². The highest BCUT2D eigenvalue weighted by atomic mass is 79.9. The number of carbonyl (C=O) groups is 2. The highest BCUT2D eigenvalue weighted by molar-refractivity contribution is 9.10. The predicted octanol–water partition coefficient (Wildman–Crippen LogP) is 5.26. The molecule has 0 saturated heterocycles. The summed E-state index contributed by atoms with van der Waals surface area (Å²) >= 11 is 3.44. The maximum Gasteiger partial charge on any atom is 0.264 e. The normalized spacial score (nSPS) is 14.5. The fourth-order valence-corrected chi connectivity index (χ4v) is 6.52. The number of amides is 2. The average molecular weight is 617 g/mol. The molecule has 0 aromatic heterocycles. The van der Waals surface area contributed by atoms with Crippen LogP contribution in [0.15, 0.2) is 88.2 Å². The zero-order chi connectivity index (χ0) is 28.0. The molecule has 0 bridgehead atoms. The minimum Gasteiger partial charge on any atom is -0.352 e. The van der Waals surface area contributed by atoms with Gasteiger partial charge < -0.3 is 10.2 Å². The molecule has 1 atom stereocenters. The number of hydrogen-bond donors (Lipinski definition) is 1. The number of carbonyl (C=O) groups excluding carboxylic acids is 2. The Morgan fingerprint density at radius 1 is 1.00 bits per heavy atom. The third-order valence-electron chi connectivity index (χ3n) is 6.84. The van der Waals surface area contributed by atoms with Gasteiger partial charge in [0.1, 0.15) is 18.4 Å². The molecule has 0 spiro atoms. The molecule has 206 valence electrons. The molecular weight excluding hydrogens is 585 g/mol. The van der Waals surface area contributed by atoms with Gasteiger partial charge >= 0.3 is 0 Å². The summed E-state index contributed by atoms with van der Waals surface area (Å²) in [5.74, 6) is -1.39. The number of hydrogen-bond acceptors (Lipinski definition) is 4. The molecule has 1 fully saturated rings. The molecule has 4 rings (SSSR count). The predicted molar refractivity (Wildman–Crippen MR) is 152 cm³/mol. The van der Waals surface area contributed by atoms with Gasteiger partial charge in [-0.2, -0.15) is 0 Å². The second-order valence-electron chi connectivity index (χ2n) is 9.62. The van der Waals surface area contributed by atoms with E-state index in [2.05, 4.69) is 21.2 Å². The summed E-state index contributed by atoms with van der Waals surface area (Å²) in [5.41, 5.74) is 1.06. The van der Waals surface area contributed by atoms with Crippen molar-refractivity contribution in [1.82, 2.24) is 10.2 Å². The first-order valence-corrected chi connectivity index (χ1v) is 15.1. The first kappa shape index (κ1) is 28.8. The first-order chi connectivity index (χ1) is 18.6. The number of sulfonamides is 1.